The number of aromatic amines is 1. The molecule has 0 saturated carbocycles. The molecule has 0 aliphatic carbocycles. The highest BCUT2D eigenvalue weighted by atomic mass is 127. The van der Waals surface area contributed by atoms with E-state index in [9.17, 15) is 18.3 Å². The van der Waals surface area contributed by atoms with Gasteiger partial charge < -0.3 is 5.11 Å². The van der Waals surface area contributed by atoms with Gasteiger partial charge in [0, 0.05) is 14.7 Å². The maximum atomic E-state index is 13.0. The second-order valence-corrected chi connectivity index (χ2v) is 7.02. The minimum atomic E-state index is -4.54. The number of nitrogens with zero attached hydrogens (tertiary/aromatic N) is 3. The van der Waals surface area contributed by atoms with Crippen molar-refractivity contribution in [1.29, 1.82) is 0 Å². The zero-order valence-electron chi connectivity index (χ0n) is 12.9. The maximum Gasteiger partial charge on any atom is 0.442 e. The van der Waals surface area contributed by atoms with Gasteiger partial charge in [0.25, 0.3) is 0 Å². The van der Waals surface area contributed by atoms with Crippen molar-refractivity contribution in [2.75, 3.05) is 0 Å². The molecule has 0 fully saturated rings. The molecule has 0 unspecified atom stereocenters. The molecule has 2 heterocycles. The van der Waals surface area contributed by atoms with Crippen molar-refractivity contribution < 1.29 is 18.3 Å². The molecule has 0 bridgehead atoms. The molecule has 5 nitrogen and oxygen atoms in total. The molecule has 132 valence electrons. The van der Waals surface area contributed by atoms with Crippen LogP contribution in [0.3, 0.4) is 0 Å². The third-order valence-electron chi connectivity index (χ3n) is 4.11. The Kier molecular flexibility index (Phi) is 3.79. The van der Waals surface area contributed by atoms with Crippen molar-refractivity contribution in [3.05, 3.63) is 57.7 Å². The Morgan fingerprint density at radius 1 is 1.00 bits per heavy atom. The van der Waals surface area contributed by atoms with E-state index in [2.05, 4.69) is 43.0 Å². The van der Waals surface area contributed by atoms with Crippen LogP contribution in [0.4, 0.5) is 13.2 Å². The highest BCUT2D eigenvalue weighted by molar-refractivity contribution is 14.1. The van der Waals surface area contributed by atoms with E-state index in [1.807, 2.05) is 6.07 Å². The number of hydrogen-bond acceptors (Lipinski definition) is 4. The van der Waals surface area contributed by atoms with Gasteiger partial charge in [-0.25, -0.2) is 0 Å². The van der Waals surface area contributed by atoms with Crippen molar-refractivity contribution in [3.63, 3.8) is 0 Å². The highest BCUT2D eigenvalue weighted by Gasteiger charge is 2.65. The molecule has 0 spiro atoms. The molecule has 0 saturated heterocycles. The van der Waals surface area contributed by atoms with Gasteiger partial charge in [-0.15, -0.1) is 10.2 Å². The van der Waals surface area contributed by atoms with E-state index in [1.165, 1.54) is 12.1 Å². The van der Waals surface area contributed by atoms with E-state index in [0.29, 0.717) is 22.5 Å². The highest BCUT2D eigenvalue weighted by Crippen LogP contribution is 2.52. The fraction of sp³-hybridized carbons (Fsp3) is 0.118. The normalized spacial score (nSPS) is 15.2. The maximum absolute atomic E-state index is 13.0. The van der Waals surface area contributed by atoms with Crippen molar-refractivity contribution in [2.24, 2.45) is 10.2 Å². The Bertz CT molecular complexity index is 1010. The fourth-order valence-electron chi connectivity index (χ4n) is 2.65. The summed E-state index contributed by atoms with van der Waals surface area (Å²) < 4.78 is 40.0. The molecule has 0 radical (unpaired) electrons. The van der Waals surface area contributed by atoms with Crippen LogP contribution < -0.4 is 0 Å². The quantitative estimate of drug-likeness (QED) is 0.515. The molecule has 3 aromatic rings. The van der Waals surface area contributed by atoms with Crippen LogP contribution in [-0.4, -0.2) is 21.5 Å². The number of hydrogen-bond donors (Lipinski definition) is 2. The van der Waals surface area contributed by atoms with E-state index >= 15 is 0 Å². The van der Waals surface area contributed by atoms with Crippen molar-refractivity contribution in [1.82, 2.24) is 10.2 Å². The van der Waals surface area contributed by atoms with E-state index < -0.39 is 11.8 Å². The van der Waals surface area contributed by atoms with Gasteiger partial charge in [0.05, 0.1) is 11.4 Å². The Hall–Kier alpha value is -2.43. The average molecular weight is 470 g/mol. The van der Waals surface area contributed by atoms with Gasteiger partial charge in [-0.1, -0.05) is 24.3 Å². The second-order valence-electron chi connectivity index (χ2n) is 5.78. The van der Waals surface area contributed by atoms with Gasteiger partial charge in [0.1, 0.15) is 5.75 Å². The van der Waals surface area contributed by atoms with E-state index in [0.717, 1.165) is 3.57 Å². The van der Waals surface area contributed by atoms with Crippen LogP contribution in [0, 0.1) is 3.57 Å². The Morgan fingerprint density at radius 3 is 2.27 bits per heavy atom. The number of phenols is 1. The molecular weight excluding hydrogens is 460 g/mol. The van der Waals surface area contributed by atoms with E-state index in [-0.39, 0.29) is 11.3 Å². The molecule has 9 heteroatoms. The molecule has 1 aliphatic rings. The lowest BCUT2D eigenvalue weighted by Gasteiger charge is -2.14. The summed E-state index contributed by atoms with van der Waals surface area (Å²) in [6.45, 7) is 0. The number of alkyl halides is 3. The third-order valence-corrected chi connectivity index (χ3v) is 4.78. The number of phenolic OH excluding ortho intramolecular Hbond substituents is 1. The summed E-state index contributed by atoms with van der Waals surface area (Å²) in [5.74, 6) is 0.106. The number of aromatic hydroxyl groups is 1. The molecular formula is C17H10F3IN4O. The number of rotatable bonds is 3. The van der Waals surface area contributed by atoms with Crippen LogP contribution in [-0.2, 0) is 5.66 Å². The first-order valence-corrected chi connectivity index (χ1v) is 8.54. The van der Waals surface area contributed by atoms with Crippen LogP contribution in [0.1, 0.15) is 5.56 Å². The molecule has 26 heavy (non-hydrogen) atoms. The number of halogens is 4. The van der Waals surface area contributed by atoms with Gasteiger partial charge in [-0.2, -0.15) is 18.3 Å². The third kappa shape index (κ3) is 2.75. The zero-order valence-corrected chi connectivity index (χ0v) is 15.1. The molecule has 0 amide bonds. The molecule has 1 aromatic heterocycles. The Morgan fingerprint density at radius 2 is 1.69 bits per heavy atom. The van der Waals surface area contributed by atoms with Crippen LogP contribution in [0.25, 0.3) is 22.5 Å². The SMILES string of the molecule is Oc1cc(I)ccc1-c1cc(-c2ccc(C3(C(F)(F)F)N=N3)cc2)[nH]n1. The van der Waals surface area contributed by atoms with Crippen molar-refractivity contribution in [2.45, 2.75) is 11.8 Å². The number of benzene rings is 2. The van der Waals surface area contributed by atoms with Crippen molar-refractivity contribution in [3.8, 4) is 28.3 Å². The second kappa shape index (κ2) is 5.79. The summed E-state index contributed by atoms with van der Waals surface area (Å²) in [7, 11) is 0. The molecule has 2 N–H and O–H groups in total. The standard InChI is InChI=1S/C17H10F3IN4O/c18-17(19,20)16(24-25-16)10-3-1-9(2-4-10)13-8-14(23-22-13)12-6-5-11(21)7-15(12)26/h1-8,26H,(H,22,23). The molecule has 0 atom stereocenters. The predicted molar refractivity (Wildman–Crippen MR) is 96.4 cm³/mol. The predicted octanol–water partition coefficient (Wildman–Crippen LogP) is 5.23. The summed E-state index contributed by atoms with van der Waals surface area (Å²) >= 11 is 2.09. The fourth-order valence-corrected chi connectivity index (χ4v) is 3.13. The van der Waals surface area contributed by atoms with Gasteiger partial charge in [0.2, 0.25) is 0 Å². The lowest BCUT2D eigenvalue weighted by Crippen LogP contribution is -2.29. The van der Waals surface area contributed by atoms with Gasteiger partial charge in [-0.05, 0) is 52.4 Å². The first-order valence-electron chi connectivity index (χ1n) is 7.46. The number of H-pyrrole nitrogens is 1. The summed E-state index contributed by atoms with van der Waals surface area (Å²) in [6.07, 6.45) is -4.54. The number of nitrogens with one attached hydrogen (secondary N) is 1. The first kappa shape index (κ1) is 17.0. The number of aromatic nitrogens is 2. The lowest BCUT2D eigenvalue weighted by atomic mass is 10.00. The lowest BCUT2D eigenvalue weighted by molar-refractivity contribution is -0.166. The van der Waals surface area contributed by atoms with Crippen LogP contribution >= 0.6 is 22.6 Å². The molecule has 2 aromatic carbocycles. The van der Waals surface area contributed by atoms with Crippen LogP contribution in [0.5, 0.6) is 5.75 Å². The monoisotopic (exact) mass is 470 g/mol. The summed E-state index contributed by atoms with van der Waals surface area (Å²) in [4.78, 5) is 0. The van der Waals surface area contributed by atoms with Gasteiger partial charge >= 0.3 is 11.8 Å². The first-order chi connectivity index (χ1) is 12.3. The Labute approximate surface area is 159 Å². The Balaban J connectivity index is 1.63. The van der Waals surface area contributed by atoms with Crippen molar-refractivity contribution >= 4 is 22.6 Å². The summed E-state index contributed by atoms with van der Waals surface area (Å²) in [6, 6.07) is 12.8. The van der Waals surface area contributed by atoms with Gasteiger partial charge in [0.15, 0.2) is 0 Å². The topological polar surface area (TPSA) is 73.6 Å². The molecule has 4 rings (SSSR count). The van der Waals surface area contributed by atoms with E-state index in [4.69, 9.17) is 0 Å². The minimum absolute atomic E-state index is 0.0243. The van der Waals surface area contributed by atoms with Crippen LogP contribution in [0.15, 0.2) is 58.8 Å². The minimum Gasteiger partial charge on any atom is -0.507 e. The largest absolute Gasteiger partial charge is 0.507 e. The average Bonchev–Trinajstić information content (AvgIpc) is 3.28. The summed E-state index contributed by atoms with van der Waals surface area (Å²) in [5.41, 5.74) is -0.0555. The summed E-state index contributed by atoms with van der Waals surface area (Å²) in [5, 5.41) is 23.4. The zero-order chi connectivity index (χ0) is 18.5. The van der Waals surface area contributed by atoms with Gasteiger partial charge in [-0.3, -0.25) is 5.10 Å². The van der Waals surface area contributed by atoms with Crippen LogP contribution in [0.2, 0.25) is 0 Å². The van der Waals surface area contributed by atoms with E-state index in [1.54, 1.807) is 30.3 Å². The molecule has 1 aliphatic heterocycles. The smallest absolute Gasteiger partial charge is 0.442 e.